The number of nitrogens with zero attached hydrogens (tertiary/aromatic N) is 2. The third-order valence-corrected chi connectivity index (χ3v) is 7.20. The highest BCUT2D eigenvalue weighted by Crippen LogP contribution is 2.34. The SMILES string of the molecule is CCc1ccc(-c2cc(C(F)(F)F)on2)cc1S(=O)(=O)N1CCCCC1CC. The van der Waals surface area contributed by atoms with Crippen LogP contribution in [0.25, 0.3) is 11.3 Å². The van der Waals surface area contributed by atoms with Crippen LogP contribution in [0.5, 0.6) is 0 Å². The average molecular weight is 416 g/mol. The number of hydrogen-bond acceptors (Lipinski definition) is 4. The van der Waals surface area contributed by atoms with Crippen LogP contribution in [0.1, 0.15) is 50.9 Å². The van der Waals surface area contributed by atoms with Crippen molar-refractivity contribution in [3.05, 3.63) is 35.6 Å². The second kappa shape index (κ2) is 7.87. The Morgan fingerprint density at radius 1 is 1.21 bits per heavy atom. The van der Waals surface area contributed by atoms with Gasteiger partial charge in [0, 0.05) is 24.2 Å². The van der Waals surface area contributed by atoms with E-state index in [1.165, 1.54) is 6.07 Å². The van der Waals surface area contributed by atoms with Gasteiger partial charge in [0.15, 0.2) is 0 Å². The summed E-state index contributed by atoms with van der Waals surface area (Å²) in [5.74, 6) is -1.21. The van der Waals surface area contributed by atoms with Crippen molar-refractivity contribution in [2.45, 2.75) is 63.1 Å². The molecule has 0 amide bonds. The molecule has 0 N–H and O–H groups in total. The number of rotatable bonds is 5. The molecule has 3 rings (SSSR count). The Kier molecular flexibility index (Phi) is 5.86. The van der Waals surface area contributed by atoms with Gasteiger partial charge in [-0.2, -0.15) is 17.5 Å². The fraction of sp³-hybridized carbons (Fsp3) is 0.526. The molecule has 1 aromatic heterocycles. The summed E-state index contributed by atoms with van der Waals surface area (Å²) in [5.41, 5.74) is 0.862. The van der Waals surface area contributed by atoms with Gasteiger partial charge in [-0.05, 0) is 37.3 Å². The van der Waals surface area contributed by atoms with Gasteiger partial charge in [0.2, 0.25) is 15.8 Å². The van der Waals surface area contributed by atoms with E-state index in [1.54, 1.807) is 16.4 Å². The van der Waals surface area contributed by atoms with Crippen molar-refractivity contribution in [2.24, 2.45) is 0 Å². The maximum Gasteiger partial charge on any atom is 0.452 e. The molecule has 0 spiro atoms. The third kappa shape index (κ3) is 3.96. The molecule has 2 aromatic rings. The lowest BCUT2D eigenvalue weighted by atomic mass is 10.0. The van der Waals surface area contributed by atoms with E-state index in [0.29, 0.717) is 18.5 Å². The molecule has 1 atom stereocenters. The first-order valence-corrected chi connectivity index (χ1v) is 10.8. The monoisotopic (exact) mass is 416 g/mol. The molecule has 2 heterocycles. The van der Waals surface area contributed by atoms with Crippen molar-refractivity contribution >= 4 is 10.0 Å². The summed E-state index contributed by atoms with van der Waals surface area (Å²) in [4.78, 5) is 0.129. The van der Waals surface area contributed by atoms with Crippen LogP contribution >= 0.6 is 0 Å². The van der Waals surface area contributed by atoms with Crippen molar-refractivity contribution in [3.63, 3.8) is 0 Å². The Morgan fingerprint density at radius 2 is 1.96 bits per heavy atom. The van der Waals surface area contributed by atoms with Crippen LogP contribution < -0.4 is 0 Å². The van der Waals surface area contributed by atoms with Crippen LogP contribution in [0, 0.1) is 0 Å². The summed E-state index contributed by atoms with van der Waals surface area (Å²) in [6.07, 6.45) is -0.828. The first-order chi connectivity index (χ1) is 13.2. The van der Waals surface area contributed by atoms with Crippen molar-refractivity contribution in [1.29, 1.82) is 0 Å². The van der Waals surface area contributed by atoms with E-state index >= 15 is 0 Å². The van der Waals surface area contributed by atoms with Crippen LogP contribution in [0.2, 0.25) is 0 Å². The summed E-state index contributed by atoms with van der Waals surface area (Å²) in [6, 6.07) is 5.34. The molecule has 9 heteroatoms. The smallest absolute Gasteiger partial charge is 0.351 e. The number of aryl methyl sites for hydroxylation is 1. The number of halogens is 3. The molecule has 1 unspecified atom stereocenters. The molecule has 154 valence electrons. The highest BCUT2D eigenvalue weighted by Gasteiger charge is 2.37. The second-order valence-electron chi connectivity index (χ2n) is 6.92. The summed E-state index contributed by atoms with van der Waals surface area (Å²) < 4.78 is 71.1. The molecular weight excluding hydrogens is 393 g/mol. The number of alkyl halides is 3. The molecule has 0 aliphatic carbocycles. The minimum absolute atomic E-state index is 0.0443. The highest BCUT2D eigenvalue weighted by atomic mass is 32.2. The minimum atomic E-state index is -4.65. The van der Waals surface area contributed by atoms with Crippen LogP contribution in [0.3, 0.4) is 0 Å². The Labute approximate surface area is 162 Å². The van der Waals surface area contributed by atoms with E-state index in [-0.39, 0.29) is 22.2 Å². The quantitative estimate of drug-likeness (QED) is 0.697. The van der Waals surface area contributed by atoms with E-state index in [4.69, 9.17) is 0 Å². The van der Waals surface area contributed by atoms with E-state index in [0.717, 1.165) is 31.7 Å². The van der Waals surface area contributed by atoms with E-state index in [2.05, 4.69) is 9.68 Å². The fourth-order valence-corrected chi connectivity index (χ4v) is 5.70. The first kappa shape index (κ1) is 20.9. The first-order valence-electron chi connectivity index (χ1n) is 9.37. The molecule has 1 aromatic carbocycles. The topological polar surface area (TPSA) is 63.4 Å². The van der Waals surface area contributed by atoms with Crippen LogP contribution in [0.4, 0.5) is 13.2 Å². The average Bonchev–Trinajstić information content (AvgIpc) is 3.18. The molecule has 0 saturated carbocycles. The van der Waals surface area contributed by atoms with Gasteiger partial charge in [-0.25, -0.2) is 8.42 Å². The molecule has 0 radical (unpaired) electrons. The number of hydrogen-bond donors (Lipinski definition) is 0. The molecule has 1 aliphatic rings. The summed E-state index contributed by atoms with van der Waals surface area (Å²) in [5, 5.41) is 3.47. The second-order valence-corrected chi connectivity index (χ2v) is 8.78. The van der Waals surface area contributed by atoms with Crippen LogP contribution in [-0.4, -0.2) is 30.5 Å². The van der Waals surface area contributed by atoms with E-state index < -0.39 is 22.0 Å². The van der Waals surface area contributed by atoms with Crippen molar-refractivity contribution in [3.8, 4) is 11.3 Å². The van der Waals surface area contributed by atoms with Crippen molar-refractivity contribution < 1.29 is 26.1 Å². The summed E-state index contributed by atoms with van der Waals surface area (Å²) in [7, 11) is -3.77. The Balaban J connectivity index is 2.05. The molecule has 1 fully saturated rings. The van der Waals surface area contributed by atoms with Gasteiger partial charge in [-0.3, -0.25) is 0 Å². The lowest BCUT2D eigenvalue weighted by molar-refractivity contribution is -0.155. The van der Waals surface area contributed by atoms with Gasteiger partial charge in [0.05, 0.1) is 4.90 Å². The maximum atomic E-state index is 13.4. The van der Waals surface area contributed by atoms with Gasteiger partial charge in [0.25, 0.3) is 0 Å². The minimum Gasteiger partial charge on any atom is -0.351 e. The van der Waals surface area contributed by atoms with Crippen molar-refractivity contribution in [1.82, 2.24) is 9.46 Å². The zero-order valence-corrected chi connectivity index (χ0v) is 16.6. The lowest BCUT2D eigenvalue weighted by Crippen LogP contribution is -2.43. The molecule has 1 saturated heterocycles. The molecular formula is C19H23F3N2O3S. The van der Waals surface area contributed by atoms with Gasteiger partial charge in [0.1, 0.15) is 5.69 Å². The zero-order chi connectivity index (χ0) is 20.5. The normalized spacial score (nSPS) is 19.1. The van der Waals surface area contributed by atoms with Crippen LogP contribution in [0.15, 0.2) is 33.7 Å². The van der Waals surface area contributed by atoms with Crippen LogP contribution in [-0.2, 0) is 22.6 Å². The largest absolute Gasteiger partial charge is 0.452 e. The zero-order valence-electron chi connectivity index (χ0n) is 15.8. The predicted octanol–water partition coefficient (Wildman–Crippen LogP) is 4.88. The van der Waals surface area contributed by atoms with E-state index in [9.17, 15) is 21.6 Å². The molecule has 0 bridgehead atoms. The number of benzene rings is 1. The summed E-state index contributed by atoms with van der Waals surface area (Å²) >= 11 is 0. The molecule has 5 nitrogen and oxygen atoms in total. The number of aromatic nitrogens is 1. The molecule has 1 aliphatic heterocycles. The highest BCUT2D eigenvalue weighted by molar-refractivity contribution is 7.89. The van der Waals surface area contributed by atoms with Crippen molar-refractivity contribution in [2.75, 3.05) is 6.54 Å². The molecule has 28 heavy (non-hydrogen) atoms. The fourth-order valence-electron chi connectivity index (χ4n) is 3.62. The number of sulfonamides is 1. The Bertz CT molecular complexity index is 938. The number of piperidine rings is 1. The van der Waals surface area contributed by atoms with Gasteiger partial charge in [-0.15, -0.1) is 0 Å². The van der Waals surface area contributed by atoms with Gasteiger partial charge >= 0.3 is 6.18 Å². The van der Waals surface area contributed by atoms with Gasteiger partial charge in [-0.1, -0.05) is 37.6 Å². The Hall–Kier alpha value is -1.87. The maximum absolute atomic E-state index is 13.4. The summed E-state index contributed by atoms with van der Waals surface area (Å²) in [6.45, 7) is 4.26. The lowest BCUT2D eigenvalue weighted by Gasteiger charge is -2.34. The third-order valence-electron chi connectivity index (χ3n) is 5.16. The van der Waals surface area contributed by atoms with Gasteiger partial charge < -0.3 is 4.52 Å². The Morgan fingerprint density at radius 3 is 2.57 bits per heavy atom. The predicted molar refractivity (Wildman–Crippen MR) is 98.1 cm³/mol. The van der Waals surface area contributed by atoms with E-state index in [1.807, 2.05) is 13.8 Å². The standard InChI is InChI=1S/C19H23F3N2O3S/c1-3-13-8-9-14(16-12-18(27-23-16)19(20,21)22)11-17(13)28(25,26)24-10-6-5-7-15(24)4-2/h8-9,11-12,15H,3-7,10H2,1-2H3.